The summed E-state index contributed by atoms with van der Waals surface area (Å²) < 4.78 is 0. The van der Waals surface area contributed by atoms with Gasteiger partial charge in [-0.1, -0.05) is 30.3 Å². The van der Waals surface area contributed by atoms with E-state index < -0.39 is 0 Å². The van der Waals surface area contributed by atoms with E-state index in [9.17, 15) is 0 Å². The monoisotopic (exact) mass is 224 g/mol. The van der Waals surface area contributed by atoms with E-state index in [0.717, 1.165) is 19.4 Å². The number of fused-ring (bicyclic) bond motifs is 3. The highest BCUT2D eigenvalue weighted by Gasteiger charge is 2.03. The van der Waals surface area contributed by atoms with Gasteiger partial charge in [-0.25, -0.2) is 0 Å². The molecule has 0 fully saturated rings. The van der Waals surface area contributed by atoms with Crippen molar-refractivity contribution in [3.63, 3.8) is 0 Å². The van der Waals surface area contributed by atoms with Crippen molar-refractivity contribution in [2.75, 3.05) is 6.54 Å². The molecular formula is C15H16N2. The van der Waals surface area contributed by atoms with Crippen LogP contribution in [0.4, 0.5) is 0 Å². The Hall–Kier alpha value is -1.80. The van der Waals surface area contributed by atoms with Gasteiger partial charge in [-0.05, 0) is 37.1 Å². The standard InChI is InChI=1S/C15H16N2/c16-9-3-4-11-7-8-13-12-5-1-2-6-14(12)17-15(13)10-11/h1-2,5-8,10,17H,3-4,9,16H2. The topological polar surface area (TPSA) is 41.8 Å². The van der Waals surface area contributed by atoms with Crippen molar-refractivity contribution in [3.05, 3.63) is 48.0 Å². The predicted octanol–water partition coefficient (Wildman–Crippen LogP) is 3.21. The van der Waals surface area contributed by atoms with Gasteiger partial charge in [0.2, 0.25) is 0 Å². The van der Waals surface area contributed by atoms with Crippen LogP contribution >= 0.6 is 0 Å². The quantitative estimate of drug-likeness (QED) is 0.704. The highest BCUT2D eigenvalue weighted by Crippen LogP contribution is 2.25. The van der Waals surface area contributed by atoms with E-state index in [4.69, 9.17) is 5.73 Å². The second-order valence-corrected chi connectivity index (χ2v) is 4.44. The molecule has 3 aromatic rings. The Morgan fingerprint density at radius 1 is 0.941 bits per heavy atom. The minimum atomic E-state index is 0.755. The summed E-state index contributed by atoms with van der Waals surface area (Å²) in [6.45, 7) is 0.755. The minimum Gasteiger partial charge on any atom is -0.355 e. The number of benzene rings is 2. The van der Waals surface area contributed by atoms with Gasteiger partial charge >= 0.3 is 0 Å². The molecule has 0 bridgehead atoms. The van der Waals surface area contributed by atoms with E-state index in [2.05, 4.69) is 47.4 Å². The molecule has 86 valence electrons. The normalized spacial score (nSPS) is 11.4. The molecule has 3 rings (SSSR count). The van der Waals surface area contributed by atoms with Gasteiger partial charge in [0.25, 0.3) is 0 Å². The molecule has 0 aliphatic carbocycles. The van der Waals surface area contributed by atoms with Crippen molar-refractivity contribution in [2.45, 2.75) is 12.8 Å². The molecular weight excluding hydrogens is 208 g/mol. The summed E-state index contributed by atoms with van der Waals surface area (Å²) in [6.07, 6.45) is 2.10. The molecule has 1 heterocycles. The van der Waals surface area contributed by atoms with Crippen molar-refractivity contribution in [1.29, 1.82) is 0 Å². The number of para-hydroxylation sites is 1. The molecule has 0 radical (unpaired) electrons. The maximum atomic E-state index is 5.54. The number of aryl methyl sites for hydroxylation is 1. The van der Waals surface area contributed by atoms with Crippen LogP contribution < -0.4 is 5.73 Å². The molecule has 2 aromatic carbocycles. The van der Waals surface area contributed by atoms with Crippen molar-refractivity contribution >= 4 is 21.8 Å². The van der Waals surface area contributed by atoms with Crippen LogP contribution in [0.3, 0.4) is 0 Å². The third kappa shape index (κ3) is 1.81. The zero-order valence-corrected chi connectivity index (χ0v) is 9.74. The van der Waals surface area contributed by atoms with Crippen molar-refractivity contribution < 1.29 is 0 Å². The lowest BCUT2D eigenvalue weighted by Crippen LogP contribution is -2.00. The minimum absolute atomic E-state index is 0.755. The molecule has 0 spiro atoms. The fraction of sp³-hybridized carbons (Fsp3) is 0.200. The molecule has 2 heteroatoms. The van der Waals surface area contributed by atoms with Crippen LogP contribution in [0, 0.1) is 0 Å². The summed E-state index contributed by atoms with van der Waals surface area (Å²) in [5, 5.41) is 2.60. The fourth-order valence-corrected chi connectivity index (χ4v) is 2.36. The number of rotatable bonds is 3. The van der Waals surface area contributed by atoms with Crippen molar-refractivity contribution in [2.24, 2.45) is 5.73 Å². The lowest BCUT2D eigenvalue weighted by molar-refractivity contribution is 0.833. The summed E-state index contributed by atoms with van der Waals surface area (Å²) in [4.78, 5) is 3.46. The number of hydrogen-bond acceptors (Lipinski definition) is 1. The number of nitrogens with one attached hydrogen (secondary N) is 1. The van der Waals surface area contributed by atoms with Crippen LogP contribution in [0.5, 0.6) is 0 Å². The maximum Gasteiger partial charge on any atom is 0.0467 e. The van der Waals surface area contributed by atoms with E-state index in [0.29, 0.717) is 0 Å². The van der Waals surface area contributed by atoms with Crippen LogP contribution in [0.25, 0.3) is 21.8 Å². The average Bonchev–Trinajstić information content (AvgIpc) is 2.74. The van der Waals surface area contributed by atoms with Gasteiger partial charge in [0.15, 0.2) is 0 Å². The van der Waals surface area contributed by atoms with Gasteiger partial charge in [-0.3, -0.25) is 0 Å². The highest BCUT2D eigenvalue weighted by atomic mass is 14.7. The Balaban J connectivity index is 2.13. The SMILES string of the molecule is NCCCc1ccc2c(c1)[nH]c1ccccc12. The van der Waals surface area contributed by atoms with Crippen LogP contribution in [0.1, 0.15) is 12.0 Å². The maximum absolute atomic E-state index is 5.54. The average molecular weight is 224 g/mol. The largest absolute Gasteiger partial charge is 0.355 e. The molecule has 0 unspecified atom stereocenters. The molecule has 0 aliphatic heterocycles. The van der Waals surface area contributed by atoms with Crippen LogP contribution in [-0.2, 0) is 6.42 Å². The third-order valence-electron chi connectivity index (χ3n) is 3.24. The smallest absolute Gasteiger partial charge is 0.0467 e. The Morgan fingerprint density at radius 2 is 1.76 bits per heavy atom. The molecule has 3 N–H and O–H groups in total. The summed E-state index contributed by atoms with van der Waals surface area (Å²) in [5.74, 6) is 0. The van der Waals surface area contributed by atoms with Gasteiger partial charge in [0.1, 0.15) is 0 Å². The van der Waals surface area contributed by atoms with Crippen molar-refractivity contribution in [3.8, 4) is 0 Å². The van der Waals surface area contributed by atoms with Gasteiger partial charge in [-0.2, -0.15) is 0 Å². The first-order valence-electron chi connectivity index (χ1n) is 6.08. The molecule has 0 aliphatic rings. The molecule has 0 amide bonds. The van der Waals surface area contributed by atoms with Gasteiger partial charge in [0, 0.05) is 21.8 Å². The molecule has 17 heavy (non-hydrogen) atoms. The van der Waals surface area contributed by atoms with E-state index in [-0.39, 0.29) is 0 Å². The lowest BCUT2D eigenvalue weighted by atomic mass is 10.1. The second kappa shape index (κ2) is 4.22. The van der Waals surface area contributed by atoms with Gasteiger partial charge in [0.05, 0.1) is 0 Å². The predicted molar refractivity (Wildman–Crippen MR) is 73.2 cm³/mol. The Kier molecular flexibility index (Phi) is 2.57. The first kappa shape index (κ1) is 10.4. The number of hydrogen-bond donors (Lipinski definition) is 2. The molecule has 2 nitrogen and oxygen atoms in total. The molecule has 1 aromatic heterocycles. The summed E-state index contributed by atoms with van der Waals surface area (Å²) >= 11 is 0. The van der Waals surface area contributed by atoms with Gasteiger partial charge in [-0.15, -0.1) is 0 Å². The van der Waals surface area contributed by atoms with E-state index in [1.807, 2.05) is 0 Å². The second-order valence-electron chi connectivity index (χ2n) is 4.44. The Labute approximate surface area is 100 Å². The molecule has 0 saturated carbocycles. The van der Waals surface area contributed by atoms with E-state index in [1.54, 1.807) is 0 Å². The first-order chi connectivity index (χ1) is 8.38. The summed E-state index contributed by atoms with van der Waals surface area (Å²) in [7, 11) is 0. The fourth-order valence-electron chi connectivity index (χ4n) is 2.36. The zero-order valence-electron chi connectivity index (χ0n) is 9.74. The lowest BCUT2D eigenvalue weighted by Gasteiger charge is -1.99. The summed E-state index contributed by atoms with van der Waals surface area (Å²) in [5.41, 5.74) is 9.33. The van der Waals surface area contributed by atoms with Crippen molar-refractivity contribution in [1.82, 2.24) is 4.98 Å². The zero-order chi connectivity index (χ0) is 11.7. The Bertz CT molecular complexity index is 652. The van der Waals surface area contributed by atoms with E-state index in [1.165, 1.54) is 27.4 Å². The first-order valence-corrected chi connectivity index (χ1v) is 6.08. The van der Waals surface area contributed by atoms with Crippen LogP contribution in [0.15, 0.2) is 42.5 Å². The molecule has 0 saturated heterocycles. The van der Waals surface area contributed by atoms with Crippen LogP contribution in [0.2, 0.25) is 0 Å². The third-order valence-corrected chi connectivity index (χ3v) is 3.24. The number of aromatic nitrogens is 1. The number of H-pyrrole nitrogens is 1. The molecule has 0 atom stereocenters. The number of aromatic amines is 1. The Morgan fingerprint density at radius 3 is 2.65 bits per heavy atom. The van der Waals surface area contributed by atoms with Crippen LogP contribution in [-0.4, -0.2) is 11.5 Å². The highest BCUT2D eigenvalue weighted by molar-refractivity contribution is 6.07. The summed E-state index contributed by atoms with van der Waals surface area (Å²) in [6, 6.07) is 15.1. The van der Waals surface area contributed by atoms with E-state index >= 15 is 0 Å². The number of nitrogens with two attached hydrogens (primary N) is 1. The van der Waals surface area contributed by atoms with Gasteiger partial charge < -0.3 is 10.7 Å².